The molecular formula is C28H27F3N4OS. The fourth-order valence-corrected chi connectivity index (χ4v) is 6.48. The molecule has 1 amide bonds. The quantitative estimate of drug-likeness (QED) is 0.226. The normalized spacial score (nSPS) is 20.4. The van der Waals surface area contributed by atoms with E-state index in [0.717, 1.165) is 59.7 Å². The van der Waals surface area contributed by atoms with Gasteiger partial charge in [0.2, 0.25) is 5.91 Å². The molecule has 2 aromatic carbocycles. The Morgan fingerprint density at radius 2 is 1.97 bits per heavy atom. The number of aromatic amines is 1. The topological polar surface area (TPSA) is 82.9 Å². The number of rotatable bonds is 3. The van der Waals surface area contributed by atoms with Gasteiger partial charge in [-0.3, -0.25) is 4.79 Å². The fraction of sp³-hybridized carbons (Fsp3) is 0.321. The molecule has 0 saturated heterocycles. The van der Waals surface area contributed by atoms with E-state index in [9.17, 15) is 18.0 Å². The maximum atomic E-state index is 13.8. The van der Waals surface area contributed by atoms with E-state index in [-0.39, 0.29) is 23.6 Å². The number of benzene rings is 2. The minimum atomic E-state index is -4.54. The van der Waals surface area contributed by atoms with Gasteiger partial charge in [-0.25, -0.2) is 0 Å². The van der Waals surface area contributed by atoms with Crippen LogP contribution in [-0.4, -0.2) is 16.9 Å². The summed E-state index contributed by atoms with van der Waals surface area (Å²) in [7, 11) is 0. The lowest BCUT2D eigenvalue weighted by atomic mass is 9.85. The highest BCUT2D eigenvalue weighted by Gasteiger charge is 2.34. The third-order valence-corrected chi connectivity index (χ3v) is 8.44. The first kappa shape index (κ1) is 24.2. The van der Waals surface area contributed by atoms with E-state index in [1.807, 2.05) is 18.2 Å². The Labute approximate surface area is 217 Å². The first-order chi connectivity index (χ1) is 17.7. The van der Waals surface area contributed by atoms with E-state index in [4.69, 9.17) is 5.73 Å². The van der Waals surface area contributed by atoms with Crippen LogP contribution in [0.15, 0.2) is 52.3 Å². The number of allylic oxidation sites excluding steroid dienone is 1. The van der Waals surface area contributed by atoms with Crippen LogP contribution in [0.5, 0.6) is 0 Å². The average Bonchev–Trinajstić information content (AvgIpc) is 3.31. The number of alkyl halides is 3. The molecule has 2 unspecified atom stereocenters. The van der Waals surface area contributed by atoms with Crippen molar-refractivity contribution >= 4 is 40.8 Å². The van der Waals surface area contributed by atoms with E-state index in [1.165, 1.54) is 23.0 Å². The van der Waals surface area contributed by atoms with Gasteiger partial charge in [-0.1, -0.05) is 36.4 Å². The monoisotopic (exact) mass is 524 g/mol. The number of aromatic nitrogens is 1. The molecule has 5 N–H and O–H groups in total. The molecule has 1 saturated carbocycles. The highest BCUT2D eigenvalue weighted by Crippen LogP contribution is 2.50. The number of halogens is 3. The van der Waals surface area contributed by atoms with Crippen molar-refractivity contribution in [3.8, 4) is 11.3 Å². The summed E-state index contributed by atoms with van der Waals surface area (Å²) >= 11 is 1.27. The van der Waals surface area contributed by atoms with Crippen molar-refractivity contribution in [2.24, 2.45) is 11.7 Å². The molecule has 3 aromatic rings. The third-order valence-electron chi connectivity index (χ3n) is 7.34. The highest BCUT2D eigenvalue weighted by atomic mass is 32.2. The summed E-state index contributed by atoms with van der Waals surface area (Å²) in [5, 5.41) is 6.07. The number of hydrogen-bond donors (Lipinski definition) is 4. The highest BCUT2D eigenvalue weighted by molar-refractivity contribution is 7.99. The standard InChI is InChI=1S/C28H27F3N4OS/c29-28(30,31)18-13-23(35-27(36)17-5-3-6-19(32)10-17)26-25(14-18)37-24-12-16(8-9-21(24)34-26)22-11-15-4-1-2-7-20(15)33-22/h1,4,8-9,11-14,17,19,33-34H,2-3,5-7,10,32H2,(H,35,36). The maximum Gasteiger partial charge on any atom is 0.416 e. The molecular weight excluding hydrogens is 497 g/mol. The average molecular weight is 525 g/mol. The zero-order valence-corrected chi connectivity index (χ0v) is 20.9. The molecule has 1 aliphatic heterocycles. The number of fused-ring (bicyclic) bond motifs is 3. The van der Waals surface area contributed by atoms with Gasteiger partial charge in [0.1, 0.15) is 0 Å². The van der Waals surface area contributed by atoms with Gasteiger partial charge in [-0.05, 0) is 73.6 Å². The number of carbonyl (C=O) groups excluding carboxylic acids is 1. The Bertz CT molecular complexity index is 1410. The summed E-state index contributed by atoms with van der Waals surface area (Å²) < 4.78 is 41.4. The molecule has 6 rings (SSSR count). The Kier molecular flexibility index (Phi) is 6.07. The van der Waals surface area contributed by atoms with Crippen LogP contribution < -0.4 is 16.4 Å². The van der Waals surface area contributed by atoms with Crippen LogP contribution in [0.2, 0.25) is 0 Å². The number of amides is 1. The van der Waals surface area contributed by atoms with Crippen molar-refractivity contribution in [3.63, 3.8) is 0 Å². The second-order valence-corrected chi connectivity index (χ2v) is 11.1. The number of nitrogens with two attached hydrogens (primary N) is 1. The molecule has 0 bridgehead atoms. The summed E-state index contributed by atoms with van der Waals surface area (Å²) in [6, 6.07) is 10.1. The van der Waals surface area contributed by atoms with Gasteiger partial charge in [-0.2, -0.15) is 13.2 Å². The molecule has 9 heteroatoms. The number of hydrogen-bond acceptors (Lipinski definition) is 4. The Hall–Kier alpha value is -3.17. The molecule has 2 heterocycles. The Balaban J connectivity index is 1.33. The van der Waals surface area contributed by atoms with Crippen molar-refractivity contribution in [3.05, 3.63) is 59.3 Å². The lowest BCUT2D eigenvalue weighted by Gasteiger charge is -2.28. The molecule has 192 valence electrons. The van der Waals surface area contributed by atoms with Gasteiger partial charge < -0.3 is 21.4 Å². The molecule has 0 spiro atoms. The van der Waals surface area contributed by atoms with Crippen LogP contribution in [0, 0.1) is 5.92 Å². The smallest absolute Gasteiger partial charge is 0.358 e. The first-order valence-corrected chi connectivity index (χ1v) is 13.4. The molecule has 37 heavy (non-hydrogen) atoms. The first-order valence-electron chi connectivity index (χ1n) is 12.5. The van der Waals surface area contributed by atoms with Crippen LogP contribution in [0.25, 0.3) is 17.3 Å². The maximum absolute atomic E-state index is 13.8. The molecule has 3 aliphatic rings. The number of aryl methyl sites for hydroxylation is 1. The predicted octanol–water partition coefficient (Wildman–Crippen LogP) is 7.32. The van der Waals surface area contributed by atoms with Crippen molar-refractivity contribution in [1.29, 1.82) is 0 Å². The van der Waals surface area contributed by atoms with Crippen molar-refractivity contribution in [2.45, 2.75) is 60.5 Å². The van der Waals surface area contributed by atoms with Crippen LogP contribution >= 0.6 is 11.8 Å². The Morgan fingerprint density at radius 1 is 1.11 bits per heavy atom. The number of nitrogens with one attached hydrogen (secondary N) is 3. The van der Waals surface area contributed by atoms with Gasteiger partial charge in [0.05, 0.1) is 22.6 Å². The van der Waals surface area contributed by atoms with Crippen molar-refractivity contribution in [1.82, 2.24) is 4.98 Å². The Morgan fingerprint density at radius 3 is 2.76 bits per heavy atom. The van der Waals surface area contributed by atoms with Gasteiger partial charge >= 0.3 is 6.18 Å². The number of anilines is 3. The van der Waals surface area contributed by atoms with Gasteiger partial charge in [0, 0.05) is 33.1 Å². The fourth-order valence-electron chi connectivity index (χ4n) is 5.38. The second-order valence-electron chi connectivity index (χ2n) is 10.0. The van der Waals surface area contributed by atoms with Crippen LogP contribution in [-0.2, 0) is 17.4 Å². The number of carbonyl (C=O) groups is 1. The van der Waals surface area contributed by atoms with E-state index < -0.39 is 11.7 Å². The lowest BCUT2D eigenvalue weighted by Crippen LogP contribution is -2.34. The van der Waals surface area contributed by atoms with Gasteiger partial charge in [-0.15, -0.1) is 0 Å². The van der Waals surface area contributed by atoms with Gasteiger partial charge in [0.15, 0.2) is 0 Å². The van der Waals surface area contributed by atoms with E-state index in [2.05, 4.69) is 33.8 Å². The zero-order valence-electron chi connectivity index (χ0n) is 20.0. The molecule has 5 nitrogen and oxygen atoms in total. The van der Waals surface area contributed by atoms with Gasteiger partial charge in [0.25, 0.3) is 0 Å². The largest absolute Gasteiger partial charge is 0.416 e. The van der Waals surface area contributed by atoms with Crippen LogP contribution in [0.4, 0.5) is 30.2 Å². The van der Waals surface area contributed by atoms with E-state index >= 15 is 0 Å². The lowest BCUT2D eigenvalue weighted by molar-refractivity contribution is -0.137. The van der Waals surface area contributed by atoms with Crippen molar-refractivity contribution in [2.75, 3.05) is 10.6 Å². The van der Waals surface area contributed by atoms with E-state index in [1.54, 1.807) is 0 Å². The van der Waals surface area contributed by atoms with E-state index in [0.29, 0.717) is 23.4 Å². The second kappa shape index (κ2) is 9.29. The third kappa shape index (κ3) is 4.78. The van der Waals surface area contributed by atoms with Crippen molar-refractivity contribution < 1.29 is 18.0 Å². The molecule has 2 atom stereocenters. The summed E-state index contributed by atoms with van der Waals surface area (Å²) in [6.07, 6.45) is 4.61. The molecule has 2 aliphatic carbocycles. The number of H-pyrrole nitrogens is 1. The molecule has 0 radical (unpaired) electrons. The van der Waals surface area contributed by atoms with Crippen LogP contribution in [0.3, 0.4) is 0 Å². The minimum absolute atomic E-state index is 0.0593. The summed E-state index contributed by atoms with van der Waals surface area (Å²) in [4.78, 5) is 17.7. The molecule has 1 fully saturated rings. The summed E-state index contributed by atoms with van der Waals surface area (Å²) in [6.45, 7) is 0. The SMILES string of the molecule is NC1CCCC(C(=O)Nc2cc(C(F)(F)F)cc3c2Nc2ccc(-c4cc5c([nH]4)CCC=C5)cc2S3)C1. The minimum Gasteiger partial charge on any atom is -0.358 e. The van der Waals surface area contributed by atoms with Crippen LogP contribution in [0.1, 0.15) is 48.9 Å². The summed E-state index contributed by atoms with van der Waals surface area (Å²) in [5.74, 6) is -0.587. The zero-order chi connectivity index (χ0) is 25.7. The summed E-state index contributed by atoms with van der Waals surface area (Å²) in [5.41, 5.74) is 11.0. The molecule has 1 aromatic heterocycles. The predicted molar refractivity (Wildman–Crippen MR) is 141 cm³/mol.